The maximum atomic E-state index is 11.8. The minimum Gasteiger partial charge on any atom is -0.550 e. The van der Waals surface area contributed by atoms with E-state index in [2.05, 4.69) is 6.58 Å². The summed E-state index contributed by atoms with van der Waals surface area (Å²) in [6.45, 7) is 4.77. The highest BCUT2D eigenvalue weighted by atomic mass is 16.6. The standard InChI is InChI=1S/C14H20O6/c1-9(2)13(17)19-7-8-20-14(18)11-6-4-3-5-10(11)12(15)16/h10-11H,1,3-8H2,2H3,(H,15,16)/p-1. The fourth-order valence-corrected chi connectivity index (χ4v) is 2.20. The lowest BCUT2D eigenvalue weighted by Crippen LogP contribution is -2.41. The molecule has 1 fully saturated rings. The summed E-state index contributed by atoms with van der Waals surface area (Å²) in [6, 6.07) is 0. The van der Waals surface area contributed by atoms with E-state index >= 15 is 0 Å². The minimum absolute atomic E-state index is 0.0693. The van der Waals surface area contributed by atoms with Gasteiger partial charge in [0.25, 0.3) is 0 Å². The van der Waals surface area contributed by atoms with Gasteiger partial charge in [-0.15, -0.1) is 0 Å². The van der Waals surface area contributed by atoms with Crippen LogP contribution in [0, 0.1) is 11.8 Å². The van der Waals surface area contributed by atoms with E-state index in [0.29, 0.717) is 12.8 Å². The molecule has 2 atom stereocenters. The molecule has 0 spiro atoms. The molecule has 20 heavy (non-hydrogen) atoms. The normalized spacial score (nSPS) is 21.9. The van der Waals surface area contributed by atoms with Crippen molar-refractivity contribution in [2.75, 3.05) is 13.2 Å². The summed E-state index contributed by atoms with van der Waals surface area (Å²) in [7, 11) is 0. The third-order valence-corrected chi connectivity index (χ3v) is 3.28. The van der Waals surface area contributed by atoms with E-state index < -0.39 is 29.7 Å². The summed E-state index contributed by atoms with van der Waals surface area (Å²) in [5.41, 5.74) is 0.264. The first kappa shape index (κ1) is 16.2. The van der Waals surface area contributed by atoms with E-state index in [1.807, 2.05) is 0 Å². The van der Waals surface area contributed by atoms with Crippen LogP contribution in [0.2, 0.25) is 0 Å². The van der Waals surface area contributed by atoms with Crippen LogP contribution in [0.15, 0.2) is 12.2 Å². The molecule has 0 aromatic carbocycles. The number of carbonyl (C=O) groups is 3. The van der Waals surface area contributed by atoms with E-state index in [0.717, 1.165) is 12.8 Å². The number of ether oxygens (including phenoxy) is 2. The Labute approximate surface area is 117 Å². The molecule has 0 aromatic rings. The van der Waals surface area contributed by atoms with Crippen molar-refractivity contribution < 1.29 is 29.0 Å². The lowest BCUT2D eigenvalue weighted by molar-refractivity contribution is -0.314. The third kappa shape index (κ3) is 4.68. The Hall–Kier alpha value is -1.85. The zero-order valence-corrected chi connectivity index (χ0v) is 11.6. The average Bonchev–Trinajstić information content (AvgIpc) is 2.42. The second-order valence-corrected chi connectivity index (χ2v) is 4.90. The van der Waals surface area contributed by atoms with Crippen molar-refractivity contribution in [2.45, 2.75) is 32.6 Å². The van der Waals surface area contributed by atoms with Crippen molar-refractivity contribution in [1.82, 2.24) is 0 Å². The lowest BCUT2D eigenvalue weighted by atomic mass is 9.79. The molecule has 0 saturated heterocycles. The van der Waals surface area contributed by atoms with Crippen molar-refractivity contribution in [2.24, 2.45) is 11.8 Å². The van der Waals surface area contributed by atoms with Gasteiger partial charge in [-0.2, -0.15) is 0 Å². The number of carboxylic acid groups (broad SMARTS) is 1. The summed E-state index contributed by atoms with van der Waals surface area (Å²) in [6.07, 6.45) is 2.50. The van der Waals surface area contributed by atoms with Gasteiger partial charge >= 0.3 is 11.9 Å². The SMILES string of the molecule is C=C(C)C(=O)OCCOC(=O)C1CCCCC1C(=O)[O-]. The molecule has 1 aliphatic carbocycles. The molecule has 6 heteroatoms. The number of carbonyl (C=O) groups excluding carboxylic acids is 3. The van der Waals surface area contributed by atoms with Gasteiger partial charge in [0.1, 0.15) is 13.2 Å². The van der Waals surface area contributed by atoms with Gasteiger partial charge in [-0.05, 0) is 19.8 Å². The fraction of sp³-hybridized carbons (Fsp3) is 0.643. The average molecular weight is 283 g/mol. The van der Waals surface area contributed by atoms with Gasteiger partial charge in [-0.25, -0.2) is 4.79 Å². The van der Waals surface area contributed by atoms with Crippen LogP contribution < -0.4 is 5.11 Å². The number of carboxylic acids is 1. The first-order valence-corrected chi connectivity index (χ1v) is 6.63. The van der Waals surface area contributed by atoms with Crippen LogP contribution in [0.25, 0.3) is 0 Å². The van der Waals surface area contributed by atoms with E-state index in [-0.39, 0.29) is 18.8 Å². The number of esters is 2. The van der Waals surface area contributed by atoms with Crippen molar-refractivity contribution in [3.8, 4) is 0 Å². The molecule has 1 aliphatic rings. The maximum absolute atomic E-state index is 11.8. The Morgan fingerprint density at radius 3 is 2.20 bits per heavy atom. The number of rotatable bonds is 6. The van der Waals surface area contributed by atoms with E-state index in [9.17, 15) is 19.5 Å². The molecular formula is C14H19O6-. The highest BCUT2D eigenvalue weighted by Crippen LogP contribution is 2.30. The first-order chi connectivity index (χ1) is 9.43. The number of hydrogen-bond acceptors (Lipinski definition) is 6. The summed E-state index contributed by atoms with van der Waals surface area (Å²) in [4.78, 5) is 33.9. The van der Waals surface area contributed by atoms with Crippen molar-refractivity contribution in [3.05, 3.63) is 12.2 Å². The van der Waals surface area contributed by atoms with Gasteiger partial charge in [-0.1, -0.05) is 19.4 Å². The van der Waals surface area contributed by atoms with Crippen LogP contribution in [-0.2, 0) is 23.9 Å². The van der Waals surface area contributed by atoms with Crippen molar-refractivity contribution >= 4 is 17.9 Å². The Morgan fingerprint density at radius 2 is 1.65 bits per heavy atom. The van der Waals surface area contributed by atoms with Crippen LogP contribution >= 0.6 is 0 Å². The molecule has 112 valence electrons. The maximum Gasteiger partial charge on any atom is 0.333 e. The first-order valence-electron chi connectivity index (χ1n) is 6.63. The van der Waals surface area contributed by atoms with Crippen LogP contribution in [0.5, 0.6) is 0 Å². The van der Waals surface area contributed by atoms with Crippen LogP contribution in [0.4, 0.5) is 0 Å². The Morgan fingerprint density at radius 1 is 1.10 bits per heavy atom. The molecule has 0 amide bonds. The smallest absolute Gasteiger partial charge is 0.333 e. The predicted molar refractivity (Wildman–Crippen MR) is 67.2 cm³/mol. The molecule has 0 radical (unpaired) electrons. The lowest BCUT2D eigenvalue weighted by Gasteiger charge is -2.30. The van der Waals surface area contributed by atoms with Crippen LogP contribution in [0.3, 0.4) is 0 Å². The Kier molecular flexibility index (Phi) is 6.21. The van der Waals surface area contributed by atoms with Crippen LogP contribution in [-0.4, -0.2) is 31.1 Å². The van der Waals surface area contributed by atoms with E-state index in [1.165, 1.54) is 6.92 Å². The van der Waals surface area contributed by atoms with Crippen molar-refractivity contribution in [3.63, 3.8) is 0 Å². The molecule has 2 unspecified atom stereocenters. The summed E-state index contributed by atoms with van der Waals surface area (Å²) in [5, 5.41) is 11.0. The third-order valence-electron chi connectivity index (χ3n) is 3.28. The number of aliphatic carboxylic acids is 1. The summed E-state index contributed by atoms with van der Waals surface area (Å²) in [5.74, 6) is -3.77. The Balaban J connectivity index is 2.36. The largest absolute Gasteiger partial charge is 0.550 e. The minimum atomic E-state index is -1.21. The zero-order valence-electron chi connectivity index (χ0n) is 11.6. The highest BCUT2D eigenvalue weighted by Gasteiger charge is 2.32. The van der Waals surface area contributed by atoms with Gasteiger partial charge in [-0.3, -0.25) is 4.79 Å². The second-order valence-electron chi connectivity index (χ2n) is 4.90. The number of hydrogen-bond donors (Lipinski definition) is 0. The van der Waals surface area contributed by atoms with Gasteiger partial charge in [0.2, 0.25) is 0 Å². The van der Waals surface area contributed by atoms with E-state index in [1.54, 1.807) is 0 Å². The van der Waals surface area contributed by atoms with Crippen molar-refractivity contribution in [1.29, 1.82) is 0 Å². The molecule has 0 bridgehead atoms. The van der Waals surface area contributed by atoms with Gasteiger partial charge in [0, 0.05) is 17.5 Å². The molecule has 1 rings (SSSR count). The molecular weight excluding hydrogens is 264 g/mol. The van der Waals surface area contributed by atoms with Crippen LogP contribution in [0.1, 0.15) is 32.6 Å². The quantitative estimate of drug-likeness (QED) is 0.393. The molecule has 6 nitrogen and oxygen atoms in total. The molecule has 0 aliphatic heterocycles. The summed E-state index contributed by atoms with van der Waals surface area (Å²) < 4.78 is 9.73. The highest BCUT2D eigenvalue weighted by molar-refractivity contribution is 5.86. The Bertz CT molecular complexity index is 400. The molecule has 1 saturated carbocycles. The van der Waals surface area contributed by atoms with Gasteiger partial charge < -0.3 is 19.4 Å². The second kappa shape index (κ2) is 7.67. The fourth-order valence-electron chi connectivity index (χ4n) is 2.20. The molecule has 0 N–H and O–H groups in total. The van der Waals surface area contributed by atoms with Gasteiger partial charge in [0.15, 0.2) is 0 Å². The zero-order chi connectivity index (χ0) is 15.1. The molecule has 0 heterocycles. The van der Waals surface area contributed by atoms with Gasteiger partial charge in [0.05, 0.1) is 5.92 Å². The molecule has 0 aromatic heterocycles. The topological polar surface area (TPSA) is 92.7 Å². The predicted octanol–water partition coefficient (Wildman–Crippen LogP) is 0.205. The summed E-state index contributed by atoms with van der Waals surface area (Å²) >= 11 is 0. The van der Waals surface area contributed by atoms with E-state index in [4.69, 9.17) is 9.47 Å². The monoisotopic (exact) mass is 283 g/mol.